The van der Waals surface area contributed by atoms with Crippen LogP contribution < -0.4 is 5.32 Å². The van der Waals surface area contributed by atoms with Crippen LogP contribution in [0.1, 0.15) is 6.42 Å². The predicted molar refractivity (Wildman–Crippen MR) is 45.2 cm³/mol. The van der Waals surface area contributed by atoms with Crippen molar-refractivity contribution in [1.82, 2.24) is 5.32 Å². The molecule has 0 aromatic carbocycles. The van der Waals surface area contributed by atoms with Gasteiger partial charge in [0, 0.05) is 12.0 Å². The Hall–Kier alpha value is -1.32. The summed E-state index contributed by atoms with van der Waals surface area (Å²) in [4.78, 5) is 21.2. The zero-order valence-corrected chi connectivity index (χ0v) is 7.01. The molecular weight excluding hydrogens is 170 g/mol. The highest BCUT2D eigenvalue weighted by atomic mass is 16.4. The van der Waals surface area contributed by atoms with Crippen molar-refractivity contribution in [3.8, 4) is 0 Å². The Labute approximate surface area is 75.6 Å². The molecule has 0 saturated heterocycles. The van der Waals surface area contributed by atoms with Gasteiger partial charge in [-0.05, 0) is 18.3 Å². The fraction of sp³-hybridized carbons (Fsp3) is 0.556. The van der Waals surface area contributed by atoms with Crippen LogP contribution in [0.4, 0.5) is 4.79 Å². The first-order valence-corrected chi connectivity index (χ1v) is 4.35. The number of rotatable bonds is 2. The molecule has 13 heavy (non-hydrogen) atoms. The second-order valence-electron chi connectivity index (χ2n) is 3.64. The minimum atomic E-state index is -1.04. The summed E-state index contributed by atoms with van der Waals surface area (Å²) in [6, 6.07) is -0.204. The summed E-state index contributed by atoms with van der Waals surface area (Å²) in [5.74, 6) is 0.307. The molecule has 0 radical (unpaired) electrons. The summed E-state index contributed by atoms with van der Waals surface area (Å²) in [7, 11) is 0. The number of hydrogen-bond donors (Lipinski definition) is 2. The molecule has 1 fully saturated rings. The van der Waals surface area contributed by atoms with E-state index in [4.69, 9.17) is 5.11 Å². The van der Waals surface area contributed by atoms with Gasteiger partial charge in [-0.3, -0.25) is 0 Å². The van der Waals surface area contributed by atoms with Crippen LogP contribution in [0.15, 0.2) is 12.2 Å². The number of nitrogens with one attached hydrogen (secondary N) is 1. The van der Waals surface area contributed by atoms with E-state index < -0.39 is 6.09 Å². The van der Waals surface area contributed by atoms with Crippen LogP contribution in [0.5, 0.6) is 0 Å². The molecule has 0 aromatic heterocycles. The van der Waals surface area contributed by atoms with Gasteiger partial charge in [0.25, 0.3) is 0 Å². The standard InChI is InChI=1S/C9H11NO3/c11-4-7-5-1-2-6(3-5)8(7)10-9(12)13/h1-2,4-8,10H,3H2,(H,12,13). The number of fused-ring (bicyclic) bond motifs is 2. The van der Waals surface area contributed by atoms with Crippen molar-refractivity contribution in [3.63, 3.8) is 0 Å². The van der Waals surface area contributed by atoms with E-state index in [9.17, 15) is 9.59 Å². The van der Waals surface area contributed by atoms with Crippen molar-refractivity contribution in [2.45, 2.75) is 12.5 Å². The van der Waals surface area contributed by atoms with Gasteiger partial charge in [0.1, 0.15) is 6.29 Å². The third-order valence-electron chi connectivity index (χ3n) is 2.97. The van der Waals surface area contributed by atoms with Crippen molar-refractivity contribution in [2.75, 3.05) is 0 Å². The van der Waals surface area contributed by atoms with Gasteiger partial charge in [0.15, 0.2) is 0 Å². The monoisotopic (exact) mass is 181 g/mol. The molecule has 70 valence electrons. The first-order valence-electron chi connectivity index (χ1n) is 4.35. The fourth-order valence-corrected chi connectivity index (χ4v) is 2.39. The summed E-state index contributed by atoms with van der Waals surface area (Å²) in [6.45, 7) is 0. The van der Waals surface area contributed by atoms with E-state index in [0.29, 0.717) is 0 Å². The number of aldehydes is 1. The van der Waals surface area contributed by atoms with Crippen molar-refractivity contribution < 1.29 is 14.7 Å². The van der Waals surface area contributed by atoms with Crippen LogP contribution in [-0.4, -0.2) is 23.5 Å². The molecule has 2 N–H and O–H groups in total. The molecule has 0 heterocycles. The predicted octanol–water partition coefficient (Wildman–Crippen LogP) is 0.644. The molecule has 4 heteroatoms. The second kappa shape index (κ2) is 2.87. The van der Waals surface area contributed by atoms with E-state index in [-0.39, 0.29) is 23.8 Å². The van der Waals surface area contributed by atoms with Crippen LogP contribution in [0, 0.1) is 17.8 Å². The average molecular weight is 181 g/mol. The Morgan fingerprint density at radius 1 is 1.46 bits per heavy atom. The zero-order valence-electron chi connectivity index (χ0n) is 7.01. The highest BCUT2D eigenvalue weighted by Gasteiger charge is 2.45. The van der Waals surface area contributed by atoms with E-state index in [0.717, 1.165) is 12.7 Å². The van der Waals surface area contributed by atoms with E-state index in [1.165, 1.54) is 0 Å². The minimum absolute atomic E-state index is 0.161. The molecule has 4 atom stereocenters. The highest BCUT2D eigenvalue weighted by Crippen LogP contribution is 2.42. The van der Waals surface area contributed by atoms with E-state index in [1.54, 1.807) is 0 Å². The van der Waals surface area contributed by atoms with Gasteiger partial charge in [0.2, 0.25) is 0 Å². The van der Waals surface area contributed by atoms with Gasteiger partial charge in [0.05, 0.1) is 0 Å². The highest BCUT2D eigenvalue weighted by molar-refractivity contribution is 5.67. The molecule has 4 nitrogen and oxygen atoms in total. The molecule has 2 aliphatic carbocycles. The number of amides is 1. The Morgan fingerprint density at radius 3 is 2.77 bits per heavy atom. The fourth-order valence-electron chi connectivity index (χ4n) is 2.39. The lowest BCUT2D eigenvalue weighted by atomic mass is 9.90. The quantitative estimate of drug-likeness (QED) is 0.485. The smallest absolute Gasteiger partial charge is 0.404 e. The normalized spacial score (nSPS) is 40.6. The van der Waals surface area contributed by atoms with Crippen molar-refractivity contribution in [2.24, 2.45) is 17.8 Å². The maximum Gasteiger partial charge on any atom is 0.404 e. The number of carbonyl (C=O) groups excluding carboxylic acids is 1. The van der Waals surface area contributed by atoms with Crippen molar-refractivity contribution in [1.29, 1.82) is 0 Å². The lowest BCUT2D eigenvalue weighted by Gasteiger charge is -2.23. The molecular formula is C9H11NO3. The SMILES string of the molecule is O=CC1C2C=CC(C2)C1NC(=O)O. The maximum atomic E-state index is 10.7. The van der Waals surface area contributed by atoms with Crippen molar-refractivity contribution >= 4 is 12.4 Å². The van der Waals surface area contributed by atoms with E-state index in [1.807, 2.05) is 12.2 Å². The van der Waals surface area contributed by atoms with Gasteiger partial charge in [-0.1, -0.05) is 12.2 Å². The van der Waals surface area contributed by atoms with Gasteiger partial charge in [-0.25, -0.2) is 4.79 Å². The summed E-state index contributed by atoms with van der Waals surface area (Å²) in [6.07, 6.45) is 4.76. The van der Waals surface area contributed by atoms with Crippen LogP contribution in [-0.2, 0) is 4.79 Å². The van der Waals surface area contributed by atoms with Crippen LogP contribution in [0.25, 0.3) is 0 Å². The van der Waals surface area contributed by atoms with Gasteiger partial charge in [-0.2, -0.15) is 0 Å². The summed E-state index contributed by atoms with van der Waals surface area (Å²) >= 11 is 0. The number of allylic oxidation sites excluding steroid dienone is 1. The number of carboxylic acid groups (broad SMARTS) is 1. The van der Waals surface area contributed by atoms with Crippen LogP contribution >= 0.6 is 0 Å². The summed E-state index contributed by atoms with van der Waals surface area (Å²) in [5, 5.41) is 11.0. The maximum absolute atomic E-state index is 10.7. The molecule has 1 saturated carbocycles. The Morgan fingerprint density at radius 2 is 2.15 bits per heavy atom. The lowest BCUT2D eigenvalue weighted by molar-refractivity contribution is -0.112. The molecule has 0 aromatic rings. The first-order chi connectivity index (χ1) is 6.22. The molecule has 2 aliphatic rings. The summed E-state index contributed by atoms with van der Waals surface area (Å²) in [5.41, 5.74) is 0. The topological polar surface area (TPSA) is 66.4 Å². The lowest BCUT2D eigenvalue weighted by Crippen LogP contribution is -2.42. The van der Waals surface area contributed by atoms with Gasteiger partial charge >= 0.3 is 6.09 Å². The molecule has 4 unspecified atom stereocenters. The van der Waals surface area contributed by atoms with Gasteiger partial charge in [-0.15, -0.1) is 0 Å². The van der Waals surface area contributed by atoms with Gasteiger partial charge < -0.3 is 15.2 Å². The summed E-state index contributed by atoms with van der Waals surface area (Å²) < 4.78 is 0. The van der Waals surface area contributed by atoms with E-state index >= 15 is 0 Å². The number of hydrogen-bond acceptors (Lipinski definition) is 2. The number of carbonyl (C=O) groups is 2. The zero-order chi connectivity index (χ0) is 9.42. The first kappa shape index (κ1) is 8.29. The minimum Gasteiger partial charge on any atom is -0.465 e. The molecule has 0 spiro atoms. The van der Waals surface area contributed by atoms with E-state index in [2.05, 4.69) is 5.32 Å². The third-order valence-corrected chi connectivity index (χ3v) is 2.97. The Balaban J connectivity index is 2.13. The largest absolute Gasteiger partial charge is 0.465 e. The van der Waals surface area contributed by atoms with Crippen LogP contribution in [0.3, 0.4) is 0 Å². The molecule has 2 rings (SSSR count). The Kier molecular flexibility index (Phi) is 1.83. The Bertz CT molecular complexity index is 274. The molecule has 0 aliphatic heterocycles. The molecule has 1 amide bonds. The second-order valence-corrected chi connectivity index (χ2v) is 3.64. The third kappa shape index (κ3) is 1.22. The van der Waals surface area contributed by atoms with Crippen LogP contribution in [0.2, 0.25) is 0 Å². The average Bonchev–Trinajstić information content (AvgIpc) is 2.62. The molecule has 2 bridgehead atoms. The van der Waals surface area contributed by atoms with Crippen molar-refractivity contribution in [3.05, 3.63) is 12.2 Å².